The maximum absolute atomic E-state index is 14.7. The van der Waals surface area contributed by atoms with Gasteiger partial charge >= 0.3 is 59.7 Å². The van der Waals surface area contributed by atoms with Gasteiger partial charge in [-0.3, -0.25) is 47.9 Å². The van der Waals surface area contributed by atoms with Gasteiger partial charge in [0.05, 0.1) is 25.6 Å². The minimum absolute atomic E-state index is 0.147. The van der Waals surface area contributed by atoms with Gasteiger partial charge in [0.25, 0.3) is 5.79 Å². The fraction of sp³-hybridized carbons (Fsp3) is 0.766. The Labute approximate surface area is 444 Å². The summed E-state index contributed by atoms with van der Waals surface area (Å²) in [7, 11) is -0.854. The lowest BCUT2D eigenvalue weighted by molar-refractivity contribution is -0.383. The molecule has 1 amide bonds. The molecule has 0 unspecified atom stereocenters. The number of nitrogens with one attached hydrogen (secondary N) is 1. The summed E-state index contributed by atoms with van der Waals surface area (Å²) in [6.07, 6.45) is -24.8. The molecule has 0 radical (unpaired) electrons. The first kappa shape index (κ1) is 65.4. The average Bonchev–Trinajstić information content (AvgIpc) is 3.28. The molecule has 0 aromatic heterocycles. The summed E-state index contributed by atoms with van der Waals surface area (Å²) in [5, 5.41) is 2.52. The standard InChI is InChI=1S/C47H72N2O27Si/c1-21(50)49-36-31(66-25(5)54)17-47(46(60)61-11,75-41(36)38(68-27(7)56)32(67-26(6)55)18-63-22(2)51)76-42-39(69-28(8)57)34(20-65-24(4)53)73-45(43(42)71-30(10)59)74-37-33(19-64-23(3)52)72-44(62-15-16-77(12,13)14)35(48)40(37)70-29(9)58/h31-45H,15-20,48H2,1-14H3,(H,49,50)/t31-,32+,33+,34+,35+,36+,37+,38+,39-,40+,41+,42-,43+,44+,45-,47-/m0/s1. The zero-order chi connectivity index (χ0) is 58.3. The summed E-state index contributed by atoms with van der Waals surface area (Å²) in [6.45, 7) is 14.0. The Morgan fingerprint density at radius 2 is 1.12 bits per heavy atom. The molecular formula is C47H72N2O27Si. The van der Waals surface area contributed by atoms with Gasteiger partial charge < -0.3 is 86.8 Å². The molecule has 3 aliphatic rings. The monoisotopic (exact) mass is 1120 g/mol. The van der Waals surface area contributed by atoms with Gasteiger partial charge in [-0.1, -0.05) is 19.6 Å². The molecule has 0 saturated carbocycles. The molecule has 3 fully saturated rings. The van der Waals surface area contributed by atoms with Crippen LogP contribution in [0.5, 0.6) is 0 Å². The van der Waals surface area contributed by atoms with E-state index in [1.54, 1.807) is 0 Å². The highest BCUT2D eigenvalue weighted by Crippen LogP contribution is 2.42. The molecule has 77 heavy (non-hydrogen) atoms. The summed E-state index contributed by atoms with van der Waals surface area (Å²) in [5.74, 6) is -14.3. The molecule has 3 saturated heterocycles. The molecule has 436 valence electrons. The highest BCUT2D eigenvalue weighted by Gasteiger charge is 2.64. The van der Waals surface area contributed by atoms with Crippen molar-refractivity contribution in [3.8, 4) is 0 Å². The Bertz CT molecular complexity index is 2140. The lowest BCUT2D eigenvalue weighted by atomic mass is 9.87. The first-order chi connectivity index (χ1) is 35.8. The van der Waals surface area contributed by atoms with Gasteiger partial charge in [0.2, 0.25) is 5.91 Å². The number of ether oxygens (including phenoxy) is 16. The van der Waals surface area contributed by atoms with Crippen molar-refractivity contribution in [1.29, 1.82) is 0 Å². The molecule has 0 bridgehead atoms. The predicted molar refractivity (Wildman–Crippen MR) is 254 cm³/mol. The first-order valence-corrected chi connectivity index (χ1v) is 28.0. The fourth-order valence-electron chi connectivity index (χ4n) is 8.39. The highest BCUT2D eigenvalue weighted by molar-refractivity contribution is 6.76. The quantitative estimate of drug-likeness (QED) is 0.0687. The second kappa shape index (κ2) is 29.2. The van der Waals surface area contributed by atoms with E-state index in [4.69, 9.17) is 81.5 Å². The van der Waals surface area contributed by atoms with Crippen molar-refractivity contribution in [1.82, 2.24) is 5.32 Å². The van der Waals surface area contributed by atoms with Crippen LogP contribution in [-0.2, 0) is 129 Å². The number of nitrogens with two attached hydrogens (primary N) is 1. The Balaban J connectivity index is 2.47. The van der Waals surface area contributed by atoms with Crippen molar-refractivity contribution in [3.63, 3.8) is 0 Å². The van der Waals surface area contributed by atoms with Crippen molar-refractivity contribution < 1.29 is 129 Å². The molecule has 3 heterocycles. The second-order valence-corrected chi connectivity index (χ2v) is 24.9. The minimum atomic E-state index is -3.10. The van der Waals surface area contributed by atoms with E-state index in [0.29, 0.717) is 6.04 Å². The summed E-state index contributed by atoms with van der Waals surface area (Å²) in [4.78, 5) is 142. The van der Waals surface area contributed by atoms with E-state index in [0.717, 1.165) is 76.3 Å². The van der Waals surface area contributed by atoms with Crippen LogP contribution in [0, 0.1) is 0 Å². The van der Waals surface area contributed by atoms with E-state index < -0.39 is 198 Å². The van der Waals surface area contributed by atoms with E-state index in [2.05, 4.69) is 25.0 Å². The molecule has 3 aliphatic heterocycles. The summed E-state index contributed by atoms with van der Waals surface area (Å²) in [6, 6.07) is -2.40. The third-order valence-corrected chi connectivity index (χ3v) is 13.0. The molecule has 29 nitrogen and oxygen atoms in total. The SMILES string of the molecule is COC(=O)[C@@]1(O[C@H]2[C@@H](OC(C)=O)[C@@H](COC(C)=O)O[C@@H](O[C@H]3[C@H](OC(C)=O)[C@@H](N)[C@H](OCC[Si](C)(C)C)O[C@@H]3COC(C)=O)[C@@H]2OC(C)=O)C[C@H](OC(C)=O)[C@@H](NC(C)=O)[C@H]([C@H](OC(C)=O)[C@@H](COC(C)=O)OC(C)=O)O1. The second-order valence-electron chi connectivity index (χ2n) is 19.3. The van der Waals surface area contributed by atoms with Crippen LogP contribution in [0.2, 0.25) is 25.7 Å². The predicted octanol–water partition coefficient (Wildman–Crippen LogP) is -0.669. The largest absolute Gasteiger partial charge is 0.465 e. The van der Waals surface area contributed by atoms with Gasteiger partial charge in [0.1, 0.15) is 56.4 Å². The van der Waals surface area contributed by atoms with Gasteiger partial charge in [0.15, 0.2) is 43.1 Å². The maximum atomic E-state index is 14.7. The number of carbonyl (C=O) groups is 11. The number of hydrogen-bond donors (Lipinski definition) is 2. The fourth-order valence-corrected chi connectivity index (χ4v) is 9.12. The third-order valence-electron chi connectivity index (χ3n) is 11.3. The van der Waals surface area contributed by atoms with Crippen LogP contribution in [0.3, 0.4) is 0 Å². The van der Waals surface area contributed by atoms with Crippen LogP contribution in [0.4, 0.5) is 0 Å². The van der Waals surface area contributed by atoms with E-state index in [-0.39, 0.29) is 6.61 Å². The van der Waals surface area contributed by atoms with Gasteiger partial charge in [-0.15, -0.1) is 0 Å². The normalized spacial score (nSPS) is 29.8. The number of amides is 1. The Kier molecular flexibility index (Phi) is 24.8. The number of hydrogen-bond acceptors (Lipinski definition) is 28. The van der Waals surface area contributed by atoms with E-state index in [1.165, 1.54) is 0 Å². The molecule has 16 atom stereocenters. The van der Waals surface area contributed by atoms with E-state index in [9.17, 15) is 52.7 Å². The Hall–Kier alpha value is -5.89. The molecule has 0 aliphatic carbocycles. The number of methoxy groups -OCH3 is 1. The maximum Gasteiger partial charge on any atom is 0.366 e. The molecule has 3 N–H and O–H groups in total. The van der Waals surface area contributed by atoms with E-state index in [1.807, 2.05) is 0 Å². The van der Waals surface area contributed by atoms with Crippen LogP contribution in [0.1, 0.15) is 75.7 Å². The van der Waals surface area contributed by atoms with Crippen LogP contribution >= 0.6 is 0 Å². The topological polar surface area (TPSA) is 374 Å². The summed E-state index contributed by atoms with van der Waals surface area (Å²) >= 11 is 0. The van der Waals surface area contributed by atoms with Gasteiger partial charge in [-0.25, -0.2) is 4.79 Å². The molecule has 0 aromatic carbocycles. The summed E-state index contributed by atoms with van der Waals surface area (Å²) in [5.41, 5.74) is 6.71. The van der Waals surface area contributed by atoms with Gasteiger partial charge in [-0.2, -0.15) is 0 Å². The zero-order valence-corrected chi connectivity index (χ0v) is 46.5. The molecule has 0 spiro atoms. The zero-order valence-electron chi connectivity index (χ0n) is 45.5. The Morgan fingerprint density at radius 1 is 0.610 bits per heavy atom. The average molecular weight is 1130 g/mol. The van der Waals surface area contributed by atoms with Gasteiger partial charge in [0, 0.05) is 83.9 Å². The molecule has 3 rings (SSSR count). The van der Waals surface area contributed by atoms with Crippen LogP contribution < -0.4 is 11.1 Å². The van der Waals surface area contributed by atoms with Crippen molar-refractivity contribution in [2.24, 2.45) is 5.73 Å². The smallest absolute Gasteiger partial charge is 0.366 e. The molecule has 0 aromatic rings. The minimum Gasteiger partial charge on any atom is -0.465 e. The van der Waals surface area contributed by atoms with Crippen molar-refractivity contribution >= 4 is 73.7 Å². The number of rotatable bonds is 24. The van der Waals surface area contributed by atoms with Crippen LogP contribution in [0.25, 0.3) is 0 Å². The lowest BCUT2D eigenvalue weighted by Gasteiger charge is -2.52. The summed E-state index contributed by atoms with van der Waals surface area (Å²) < 4.78 is 93.5. The molecular weight excluding hydrogens is 1050 g/mol. The number of esters is 10. The van der Waals surface area contributed by atoms with Gasteiger partial charge in [-0.05, 0) is 6.04 Å². The van der Waals surface area contributed by atoms with Crippen molar-refractivity contribution in [3.05, 3.63) is 0 Å². The molecule has 30 heteroatoms. The van der Waals surface area contributed by atoms with E-state index >= 15 is 0 Å². The van der Waals surface area contributed by atoms with Crippen molar-refractivity contribution in [2.45, 2.75) is 199 Å². The van der Waals surface area contributed by atoms with Crippen molar-refractivity contribution in [2.75, 3.05) is 33.5 Å². The lowest BCUT2D eigenvalue weighted by Crippen LogP contribution is -2.72. The first-order valence-electron chi connectivity index (χ1n) is 24.3. The highest BCUT2D eigenvalue weighted by atomic mass is 28.3. The third kappa shape index (κ3) is 20.1. The van der Waals surface area contributed by atoms with Crippen LogP contribution in [-0.4, -0.2) is 205 Å². The Morgan fingerprint density at radius 3 is 1.60 bits per heavy atom. The van der Waals surface area contributed by atoms with Crippen LogP contribution in [0.15, 0.2) is 0 Å². The number of carbonyl (C=O) groups excluding carboxylic acids is 11.